The highest BCUT2D eigenvalue weighted by atomic mass is 32.2. The van der Waals surface area contributed by atoms with Gasteiger partial charge in [-0.1, -0.05) is 23.9 Å². The quantitative estimate of drug-likeness (QED) is 0.129. The van der Waals surface area contributed by atoms with Crippen molar-refractivity contribution >= 4 is 34.6 Å². The Balaban J connectivity index is 1.63. The number of nitrogens with zero attached hydrogens (tertiary/aromatic N) is 3. The maximum atomic E-state index is 13.3. The van der Waals surface area contributed by atoms with Crippen LogP contribution in [0.3, 0.4) is 0 Å². The van der Waals surface area contributed by atoms with Gasteiger partial charge in [0.15, 0.2) is 5.16 Å². The highest BCUT2D eigenvalue weighted by Crippen LogP contribution is 2.40. The van der Waals surface area contributed by atoms with Gasteiger partial charge >= 0.3 is 12.4 Å². The van der Waals surface area contributed by atoms with Gasteiger partial charge in [-0.3, -0.25) is 0 Å². The summed E-state index contributed by atoms with van der Waals surface area (Å²) in [4.78, 5) is 9.66. The zero-order chi connectivity index (χ0) is 27.9. The van der Waals surface area contributed by atoms with E-state index >= 15 is 0 Å². The number of aromatic hydroxyl groups is 1. The summed E-state index contributed by atoms with van der Waals surface area (Å²) >= 11 is 1.92. The Kier molecular flexibility index (Phi) is 7.02. The molecule has 0 unspecified atom stereocenters. The molecule has 4 nitrogen and oxygen atoms in total. The van der Waals surface area contributed by atoms with Crippen molar-refractivity contribution in [3.8, 4) is 17.0 Å². The number of fused-ring (bicyclic) bond motifs is 1. The number of benzene rings is 3. The van der Waals surface area contributed by atoms with Gasteiger partial charge in [-0.05, 0) is 84.1 Å². The van der Waals surface area contributed by atoms with Crippen molar-refractivity contribution in [3.63, 3.8) is 0 Å². The van der Waals surface area contributed by atoms with Gasteiger partial charge in [0.25, 0.3) is 0 Å². The molecule has 1 N–H and O–H groups in total. The molecular weight excluding hydrogens is 560 g/mol. The molecule has 0 atom stereocenters. The molecule has 39 heavy (non-hydrogen) atoms. The molecule has 3 aromatic carbocycles. The Morgan fingerprint density at radius 3 is 1.85 bits per heavy atom. The number of hydrogen-bond acceptors (Lipinski definition) is 5. The van der Waals surface area contributed by atoms with E-state index in [1.54, 1.807) is 29.8 Å². The highest BCUT2D eigenvalue weighted by Gasteiger charge is 2.31. The average Bonchev–Trinajstić information content (AvgIpc) is 3.20. The molecule has 0 spiro atoms. The van der Waals surface area contributed by atoms with Crippen molar-refractivity contribution in [2.24, 2.45) is 7.05 Å². The minimum Gasteiger partial charge on any atom is -0.508 e. The summed E-state index contributed by atoms with van der Waals surface area (Å²) in [7, 11) is 1.75. The topological polar surface area (TPSA) is 50.9 Å². The molecule has 0 saturated heterocycles. The lowest BCUT2D eigenvalue weighted by atomic mass is 10.1. The number of phenolic OH excluding ortho intramolecular Hbond substituents is 1. The van der Waals surface area contributed by atoms with Crippen molar-refractivity contribution in [2.75, 3.05) is 0 Å². The smallest absolute Gasteiger partial charge is 0.416 e. The molecular formula is C27H17F6N3OS2. The number of halogens is 6. The van der Waals surface area contributed by atoms with Crippen LogP contribution in [0.15, 0.2) is 98.8 Å². The number of rotatable bonds is 5. The lowest BCUT2D eigenvalue weighted by molar-refractivity contribution is -0.138. The van der Waals surface area contributed by atoms with Gasteiger partial charge in [0, 0.05) is 16.8 Å². The van der Waals surface area contributed by atoms with Crippen molar-refractivity contribution < 1.29 is 31.4 Å². The van der Waals surface area contributed by atoms with E-state index in [0.717, 1.165) is 53.4 Å². The molecule has 0 aliphatic carbocycles. The van der Waals surface area contributed by atoms with Crippen LogP contribution < -0.4 is 0 Å². The first-order valence-electron chi connectivity index (χ1n) is 11.3. The molecule has 200 valence electrons. The van der Waals surface area contributed by atoms with Crippen LogP contribution in [-0.2, 0) is 19.4 Å². The predicted octanol–water partition coefficient (Wildman–Crippen LogP) is 8.68. The van der Waals surface area contributed by atoms with Crippen molar-refractivity contribution in [1.29, 1.82) is 0 Å². The highest BCUT2D eigenvalue weighted by molar-refractivity contribution is 8.00. The van der Waals surface area contributed by atoms with Gasteiger partial charge < -0.3 is 9.67 Å². The molecule has 0 fully saturated rings. The van der Waals surface area contributed by atoms with Gasteiger partial charge in [-0.25, -0.2) is 9.97 Å². The van der Waals surface area contributed by atoms with E-state index < -0.39 is 23.5 Å². The van der Waals surface area contributed by atoms with Gasteiger partial charge in [-0.2, -0.15) is 26.3 Å². The van der Waals surface area contributed by atoms with E-state index in [1.807, 2.05) is 0 Å². The first kappa shape index (κ1) is 26.9. The monoisotopic (exact) mass is 577 g/mol. The van der Waals surface area contributed by atoms with Crippen LogP contribution in [0.1, 0.15) is 11.1 Å². The first-order valence-corrected chi connectivity index (χ1v) is 12.9. The minimum atomic E-state index is -4.53. The largest absolute Gasteiger partial charge is 0.508 e. The van der Waals surface area contributed by atoms with Crippen molar-refractivity contribution in [1.82, 2.24) is 14.5 Å². The van der Waals surface area contributed by atoms with E-state index in [0.29, 0.717) is 21.8 Å². The Morgan fingerprint density at radius 2 is 1.28 bits per heavy atom. The third-order valence-electron chi connectivity index (χ3n) is 5.74. The van der Waals surface area contributed by atoms with Gasteiger partial charge in [0.05, 0.1) is 22.2 Å². The Bertz CT molecular complexity index is 1660. The molecule has 5 rings (SSSR count). The molecule has 0 saturated carbocycles. The number of phenols is 1. The SMILES string of the molecule is Cn1c(-c2ccc(O)cc2)cc2c(Sc3cccc(C(F)(F)F)c3)nc(Sc3cccc(C(F)(F)F)c3)nc21. The van der Waals surface area contributed by atoms with Crippen LogP contribution in [0.5, 0.6) is 5.75 Å². The molecule has 0 aliphatic heterocycles. The lowest BCUT2D eigenvalue weighted by Gasteiger charge is -2.11. The Hall–Kier alpha value is -3.64. The molecule has 12 heteroatoms. The fraction of sp³-hybridized carbons (Fsp3) is 0.111. The standard InChI is InChI=1S/C27H17F6N3OS2/c1-36-22(15-8-10-18(37)11-9-15)14-21-23(36)34-25(39-20-7-3-5-17(13-20)27(31,32)33)35-24(21)38-19-6-2-4-16(12-19)26(28,29)30/h2-14,37H,1H3. The van der Waals surface area contributed by atoms with Crippen LogP contribution in [0.2, 0.25) is 0 Å². The predicted molar refractivity (Wildman–Crippen MR) is 137 cm³/mol. The molecule has 0 aliphatic rings. The minimum absolute atomic E-state index is 0.0814. The third-order valence-corrected chi connectivity index (χ3v) is 7.59. The van der Waals surface area contributed by atoms with Crippen molar-refractivity contribution in [3.05, 3.63) is 90.0 Å². The summed E-state index contributed by atoms with van der Waals surface area (Å²) < 4.78 is 81.4. The van der Waals surface area contributed by atoms with Gasteiger partial charge in [0.1, 0.15) is 16.4 Å². The molecule has 5 aromatic rings. The van der Waals surface area contributed by atoms with Crippen molar-refractivity contribution in [2.45, 2.75) is 32.3 Å². The summed E-state index contributed by atoms with van der Waals surface area (Å²) in [6.45, 7) is 0. The van der Waals surface area contributed by atoms with Crippen LogP contribution >= 0.6 is 23.5 Å². The number of hydrogen-bond donors (Lipinski definition) is 1. The molecule has 0 radical (unpaired) electrons. The third kappa shape index (κ3) is 5.86. The average molecular weight is 578 g/mol. The van der Waals surface area contributed by atoms with E-state index in [2.05, 4.69) is 9.97 Å². The second kappa shape index (κ2) is 10.2. The summed E-state index contributed by atoms with van der Waals surface area (Å²) in [5.41, 5.74) is 0.258. The zero-order valence-corrected chi connectivity index (χ0v) is 21.5. The van der Waals surface area contributed by atoms with Gasteiger partial charge in [0.2, 0.25) is 0 Å². The Morgan fingerprint density at radius 1 is 0.718 bits per heavy atom. The summed E-state index contributed by atoms with van der Waals surface area (Å²) in [6.07, 6.45) is -9.05. The van der Waals surface area contributed by atoms with E-state index in [1.165, 1.54) is 36.4 Å². The Labute approximate surface area is 226 Å². The summed E-state index contributed by atoms with van der Waals surface area (Å²) in [5, 5.41) is 10.7. The second-order valence-corrected chi connectivity index (χ2v) is 10.5. The van der Waals surface area contributed by atoms with E-state index in [-0.39, 0.29) is 20.7 Å². The lowest BCUT2D eigenvalue weighted by Crippen LogP contribution is -2.04. The number of alkyl halides is 6. The molecule has 0 bridgehead atoms. The van der Waals surface area contributed by atoms with Gasteiger partial charge in [-0.15, -0.1) is 0 Å². The normalized spacial score (nSPS) is 12.3. The first-order chi connectivity index (χ1) is 18.4. The summed E-state index contributed by atoms with van der Waals surface area (Å²) in [6, 6.07) is 17.8. The van der Waals surface area contributed by atoms with Crippen LogP contribution in [-0.4, -0.2) is 19.6 Å². The number of aryl methyl sites for hydroxylation is 1. The zero-order valence-electron chi connectivity index (χ0n) is 19.9. The molecule has 0 amide bonds. The van der Waals surface area contributed by atoms with E-state index in [9.17, 15) is 31.4 Å². The maximum Gasteiger partial charge on any atom is 0.416 e. The fourth-order valence-electron chi connectivity index (χ4n) is 3.87. The fourth-order valence-corrected chi connectivity index (χ4v) is 5.69. The van der Waals surface area contributed by atoms with Crippen LogP contribution in [0, 0.1) is 0 Å². The van der Waals surface area contributed by atoms with Crippen LogP contribution in [0.4, 0.5) is 26.3 Å². The van der Waals surface area contributed by atoms with E-state index in [4.69, 9.17) is 0 Å². The molecule has 2 aromatic heterocycles. The number of aromatic nitrogens is 3. The second-order valence-electron chi connectivity index (χ2n) is 8.44. The maximum absolute atomic E-state index is 13.3. The molecule has 2 heterocycles. The summed E-state index contributed by atoms with van der Waals surface area (Å²) in [5.74, 6) is 0.0814. The van der Waals surface area contributed by atoms with Crippen LogP contribution in [0.25, 0.3) is 22.3 Å².